The zero-order chi connectivity index (χ0) is 16.7. The second kappa shape index (κ2) is 5.79. The van der Waals surface area contributed by atoms with Gasteiger partial charge in [0, 0.05) is 13.7 Å². The standard InChI is InChI=1S/C15H32O3Si3/c1-10-13(17-14(16)11-2)15(3)12-19(4,5)21(8,9)20(6,7)18-15/h11,13H,2,10,12H2,1,3-9H3. The minimum Gasteiger partial charge on any atom is -0.456 e. The Morgan fingerprint density at radius 3 is 2.24 bits per heavy atom. The Morgan fingerprint density at radius 1 is 1.33 bits per heavy atom. The first-order valence-electron chi connectivity index (χ1n) is 7.86. The number of hydrogen-bond acceptors (Lipinski definition) is 3. The summed E-state index contributed by atoms with van der Waals surface area (Å²) in [6.07, 6.45) is 1.86. The van der Waals surface area contributed by atoms with Gasteiger partial charge in [-0.1, -0.05) is 39.7 Å². The van der Waals surface area contributed by atoms with Crippen molar-refractivity contribution in [1.29, 1.82) is 0 Å². The predicted molar refractivity (Wildman–Crippen MR) is 97.1 cm³/mol. The maximum atomic E-state index is 11.7. The van der Waals surface area contributed by atoms with Crippen LogP contribution in [0.1, 0.15) is 20.3 Å². The highest BCUT2D eigenvalue weighted by Gasteiger charge is 2.63. The van der Waals surface area contributed by atoms with Crippen molar-refractivity contribution in [2.75, 3.05) is 0 Å². The van der Waals surface area contributed by atoms with Gasteiger partial charge in [-0.3, -0.25) is 0 Å². The minimum atomic E-state index is -1.75. The SMILES string of the molecule is C=CC(=O)OC(CC)C1(C)C[Si](C)(C)[Si](C)(C)[Si](C)(C)O1. The molecule has 0 saturated carbocycles. The molecule has 6 heteroatoms. The van der Waals surface area contributed by atoms with E-state index in [1.54, 1.807) is 0 Å². The molecule has 122 valence electrons. The molecule has 2 atom stereocenters. The Labute approximate surface area is 132 Å². The van der Waals surface area contributed by atoms with Crippen LogP contribution in [0.2, 0.25) is 45.3 Å². The molecule has 0 aromatic heterocycles. The lowest BCUT2D eigenvalue weighted by atomic mass is 9.99. The van der Waals surface area contributed by atoms with Gasteiger partial charge in [0.25, 0.3) is 0 Å². The smallest absolute Gasteiger partial charge is 0.330 e. The fourth-order valence-corrected chi connectivity index (χ4v) is 34.2. The third kappa shape index (κ3) is 3.28. The van der Waals surface area contributed by atoms with Crippen LogP contribution in [0, 0.1) is 0 Å². The lowest BCUT2D eigenvalue weighted by Crippen LogP contribution is -2.79. The van der Waals surface area contributed by atoms with Gasteiger partial charge in [-0.05, 0) is 32.5 Å². The molecular weight excluding hydrogens is 312 g/mol. The average molecular weight is 345 g/mol. The summed E-state index contributed by atoms with van der Waals surface area (Å²) in [5, 5.41) is 0. The first kappa shape index (κ1) is 18.9. The van der Waals surface area contributed by atoms with Crippen molar-refractivity contribution in [3.8, 4) is 0 Å². The van der Waals surface area contributed by atoms with E-state index in [1.807, 2.05) is 0 Å². The van der Waals surface area contributed by atoms with Crippen molar-refractivity contribution < 1.29 is 14.0 Å². The van der Waals surface area contributed by atoms with Gasteiger partial charge >= 0.3 is 5.97 Å². The van der Waals surface area contributed by atoms with Gasteiger partial charge in [0.15, 0.2) is 7.83 Å². The molecule has 1 heterocycles. The molecule has 1 saturated heterocycles. The van der Waals surface area contributed by atoms with Gasteiger partial charge in [-0.25, -0.2) is 4.79 Å². The molecule has 0 amide bonds. The third-order valence-corrected chi connectivity index (χ3v) is 46.4. The van der Waals surface area contributed by atoms with E-state index in [4.69, 9.17) is 9.16 Å². The molecule has 0 radical (unpaired) electrons. The van der Waals surface area contributed by atoms with Gasteiger partial charge in [0.1, 0.15) is 6.10 Å². The van der Waals surface area contributed by atoms with E-state index in [2.05, 4.69) is 59.7 Å². The van der Waals surface area contributed by atoms with Crippen LogP contribution >= 0.6 is 0 Å². The van der Waals surface area contributed by atoms with E-state index < -0.39 is 22.5 Å². The molecule has 1 aliphatic heterocycles. The predicted octanol–water partition coefficient (Wildman–Crippen LogP) is 4.06. The van der Waals surface area contributed by atoms with E-state index >= 15 is 0 Å². The number of carbonyl (C=O) groups excluding carboxylic acids is 1. The molecule has 21 heavy (non-hydrogen) atoms. The highest BCUT2D eigenvalue weighted by Crippen LogP contribution is 2.46. The maximum absolute atomic E-state index is 11.7. The summed E-state index contributed by atoms with van der Waals surface area (Å²) in [6, 6.07) is 1.08. The largest absolute Gasteiger partial charge is 0.456 e. The monoisotopic (exact) mass is 344 g/mol. The topological polar surface area (TPSA) is 35.5 Å². The van der Waals surface area contributed by atoms with Crippen LogP contribution < -0.4 is 0 Å². The van der Waals surface area contributed by atoms with Crippen molar-refractivity contribution in [2.24, 2.45) is 0 Å². The lowest BCUT2D eigenvalue weighted by Gasteiger charge is -2.59. The Kier molecular flexibility index (Phi) is 5.20. The van der Waals surface area contributed by atoms with Crippen molar-refractivity contribution in [3.05, 3.63) is 12.7 Å². The Morgan fingerprint density at radius 2 is 1.86 bits per heavy atom. The summed E-state index contributed by atoms with van der Waals surface area (Å²) in [5.74, 6) is -0.340. The lowest BCUT2D eigenvalue weighted by molar-refractivity contribution is -0.154. The zero-order valence-electron chi connectivity index (χ0n) is 15.0. The summed E-state index contributed by atoms with van der Waals surface area (Å²) in [7, 11) is -4.46. The molecule has 3 nitrogen and oxygen atoms in total. The minimum absolute atomic E-state index is 0.174. The van der Waals surface area contributed by atoms with Crippen LogP contribution in [0.4, 0.5) is 0 Å². The summed E-state index contributed by atoms with van der Waals surface area (Å²) >= 11 is 0. The Balaban J connectivity index is 3.17. The van der Waals surface area contributed by atoms with Crippen LogP contribution in [0.25, 0.3) is 0 Å². The van der Waals surface area contributed by atoms with E-state index in [0.717, 1.165) is 12.5 Å². The Hall–Kier alpha value is -0.179. The van der Waals surface area contributed by atoms with Gasteiger partial charge < -0.3 is 9.16 Å². The molecular formula is C15H32O3Si3. The van der Waals surface area contributed by atoms with Gasteiger partial charge in [-0.15, -0.1) is 0 Å². The van der Waals surface area contributed by atoms with Crippen molar-refractivity contribution in [1.82, 2.24) is 0 Å². The number of rotatable bonds is 4. The Bertz CT molecular complexity index is 410. The molecule has 0 N–H and O–H groups in total. The van der Waals surface area contributed by atoms with Crippen molar-refractivity contribution >= 4 is 28.5 Å². The van der Waals surface area contributed by atoms with Crippen molar-refractivity contribution in [3.63, 3.8) is 0 Å². The summed E-state index contributed by atoms with van der Waals surface area (Å²) in [5.41, 5.74) is -0.332. The first-order valence-corrected chi connectivity index (χ1v) is 19.0. The molecule has 1 aliphatic rings. The van der Waals surface area contributed by atoms with Gasteiger partial charge in [0.2, 0.25) is 0 Å². The van der Waals surface area contributed by atoms with Gasteiger partial charge in [-0.2, -0.15) is 0 Å². The van der Waals surface area contributed by atoms with Crippen LogP contribution in [0.15, 0.2) is 12.7 Å². The molecule has 0 spiro atoms. The highest BCUT2D eigenvalue weighted by molar-refractivity contribution is 7.67. The van der Waals surface area contributed by atoms with E-state index in [1.165, 1.54) is 6.08 Å². The highest BCUT2D eigenvalue weighted by atomic mass is 29.6. The van der Waals surface area contributed by atoms with Crippen molar-refractivity contribution in [2.45, 2.75) is 77.3 Å². The molecule has 0 aromatic rings. The van der Waals surface area contributed by atoms with E-state index in [-0.39, 0.29) is 17.7 Å². The van der Waals surface area contributed by atoms with Crippen LogP contribution in [-0.4, -0.2) is 40.2 Å². The maximum Gasteiger partial charge on any atom is 0.330 e. The van der Waals surface area contributed by atoms with E-state index in [9.17, 15) is 4.79 Å². The number of hydrogen-bond donors (Lipinski definition) is 0. The molecule has 2 unspecified atom stereocenters. The third-order valence-electron chi connectivity index (χ3n) is 5.96. The van der Waals surface area contributed by atoms with Crippen LogP contribution in [-0.2, 0) is 14.0 Å². The van der Waals surface area contributed by atoms with E-state index in [0.29, 0.717) is 0 Å². The second-order valence-corrected chi connectivity index (χ2v) is 35.4. The molecule has 0 bridgehead atoms. The summed E-state index contributed by atoms with van der Waals surface area (Å²) in [6.45, 7) is 22.5. The number of ether oxygens (including phenoxy) is 1. The average Bonchev–Trinajstić information content (AvgIpc) is 2.31. The normalized spacial score (nSPS) is 31.2. The van der Waals surface area contributed by atoms with Crippen LogP contribution in [0.5, 0.6) is 0 Å². The second-order valence-electron chi connectivity index (χ2n) is 8.15. The molecule has 1 fully saturated rings. The molecule has 0 aromatic carbocycles. The molecule has 1 rings (SSSR count). The molecule has 0 aliphatic carbocycles. The summed E-state index contributed by atoms with van der Waals surface area (Å²) in [4.78, 5) is 11.7. The number of esters is 1. The fraction of sp³-hybridized carbons (Fsp3) is 0.800. The van der Waals surface area contributed by atoms with Gasteiger partial charge in [0.05, 0.1) is 12.7 Å². The summed E-state index contributed by atoms with van der Waals surface area (Å²) < 4.78 is 12.4. The zero-order valence-corrected chi connectivity index (χ0v) is 18.0. The number of carbonyl (C=O) groups is 1. The quantitative estimate of drug-likeness (QED) is 0.438. The van der Waals surface area contributed by atoms with Crippen LogP contribution in [0.3, 0.4) is 0 Å². The first-order chi connectivity index (χ1) is 9.33. The fourth-order valence-electron chi connectivity index (χ4n) is 3.67.